The molecule has 0 amide bonds. The van der Waals surface area contributed by atoms with E-state index in [1.807, 2.05) is 24.3 Å². The van der Waals surface area contributed by atoms with E-state index in [4.69, 9.17) is 15.0 Å². The monoisotopic (exact) mass is 789 g/mol. The molecule has 290 valence electrons. The number of nitrogens with zero attached hydrogens (tertiary/aromatic N) is 3. The van der Waals surface area contributed by atoms with Crippen LogP contribution in [0.1, 0.15) is 0 Å². The van der Waals surface area contributed by atoms with Crippen molar-refractivity contribution in [2.75, 3.05) is 0 Å². The molecule has 0 fully saturated rings. The third kappa shape index (κ3) is 7.23. The van der Waals surface area contributed by atoms with E-state index in [-0.39, 0.29) is 0 Å². The topological polar surface area (TPSA) is 38.7 Å². The lowest BCUT2D eigenvalue weighted by molar-refractivity contribution is 1.18. The van der Waals surface area contributed by atoms with Crippen molar-refractivity contribution in [3.05, 3.63) is 237 Å². The van der Waals surface area contributed by atoms with Gasteiger partial charge in [-0.1, -0.05) is 188 Å². The number of aromatic nitrogens is 3. The van der Waals surface area contributed by atoms with Crippen LogP contribution in [0.25, 0.3) is 111 Å². The highest BCUT2D eigenvalue weighted by Gasteiger charge is 2.16. The van der Waals surface area contributed by atoms with E-state index in [1.54, 1.807) is 0 Å². The molecule has 0 atom stereocenters. The van der Waals surface area contributed by atoms with Gasteiger partial charge in [0.15, 0.2) is 5.82 Å². The van der Waals surface area contributed by atoms with Crippen LogP contribution in [0.4, 0.5) is 0 Å². The molecule has 3 heteroatoms. The smallest absolute Gasteiger partial charge is 0.160 e. The Morgan fingerprint density at radius 3 is 1.34 bits per heavy atom. The molecule has 11 aromatic rings. The Balaban J connectivity index is 1.03. The Morgan fingerprint density at radius 1 is 0.242 bits per heavy atom. The summed E-state index contributed by atoms with van der Waals surface area (Å²) in [4.78, 5) is 15.7. The molecule has 0 spiro atoms. The molecule has 0 bridgehead atoms. The number of hydrogen-bond acceptors (Lipinski definition) is 3. The second kappa shape index (κ2) is 16.1. The van der Waals surface area contributed by atoms with Crippen LogP contribution in [0.2, 0.25) is 0 Å². The van der Waals surface area contributed by atoms with Crippen LogP contribution in [-0.4, -0.2) is 15.0 Å². The van der Waals surface area contributed by atoms with E-state index in [0.29, 0.717) is 5.82 Å². The zero-order chi connectivity index (χ0) is 41.2. The predicted octanol–water partition coefficient (Wildman–Crippen LogP) is 15.5. The van der Waals surface area contributed by atoms with Gasteiger partial charge in [-0.15, -0.1) is 0 Å². The molecule has 0 unspecified atom stereocenters. The normalized spacial score (nSPS) is 11.2. The molecular weight excluding hydrogens is 751 g/mol. The molecule has 11 rings (SSSR count). The first-order valence-electron chi connectivity index (χ1n) is 21.0. The molecule has 62 heavy (non-hydrogen) atoms. The maximum atomic E-state index is 5.24. The van der Waals surface area contributed by atoms with Crippen molar-refractivity contribution < 1.29 is 0 Å². The molecule has 2 heterocycles. The van der Waals surface area contributed by atoms with Crippen molar-refractivity contribution in [1.82, 2.24) is 15.0 Å². The average Bonchev–Trinajstić information content (AvgIpc) is 3.37. The zero-order valence-electron chi connectivity index (χ0n) is 33.9. The van der Waals surface area contributed by atoms with Gasteiger partial charge in [-0.2, -0.15) is 0 Å². The van der Waals surface area contributed by atoms with Crippen molar-refractivity contribution in [2.45, 2.75) is 0 Å². The Bertz CT molecular complexity index is 3310. The molecule has 0 aliphatic heterocycles. The summed E-state index contributed by atoms with van der Waals surface area (Å²) in [6.07, 6.45) is 0. The van der Waals surface area contributed by atoms with Gasteiger partial charge in [0.1, 0.15) is 0 Å². The van der Waals surface area contributed by atoms with E-state index in [9.17, 15) is 0 Å². The van der Waals surface area contributed by atoms with Crippen molar-refractivity contribution in [3.63, 3.8) is 0 Å². The van der Waals surface area contributed by atoms with Crippen LogP contribution in [0.3, 0.4) is 0 Å². The first-order valence-corrected chi connectivity index (χ1v) is 21.0. The summed E-state index contributed by atoms with van der Waals surface area (Å²) < 4.78 is 0. The zero-order valence-corrected chi connectivity index (χ0v) is 33.9. The Morgan fingerprint density at radius 2 is 0.710 bits per heavy atom. The first-order chi connectivity index (χ1) is 30.7. The maximum Gasteiger partial charge on any atom is 0.160 e. The van der Waals surface area contributed by atoms with Crippen LogP contribution >= 0.6 is 0 Å². The third-order valence-electron chi connectivity index (χ3n) is 11.6. The highest BCUT2D eigenvalue weighted by molar-refractivity contribution is 6.14. The summed E-state index contributed by atoms with van der Waals surface area (Å²) in [5.41, 5.74) is 17.0. The number of rotatable bonds is 8. The summed E-state index contributed by atoms with van der Waals surface area (Å²) in [7, 11) is 0. The van der Waals surface area contributed by atoms with Gasteiger partial charge in [0, 0.05) is 27.6 Å². The molecule has 0 aliphatic rings. The SMILES string of the molecule is c1ccc(-c2cc(-c3ccccc3)cc(-c3cc(-c4cccc(-c5ccc6c(ccc7nc(-c8ccccc8)cc(-c8ccccc8)c76)c5)c4)nc(-c4ccccc4)n3)c2)cc1. The summed E-state index contributed by atoms with van der Waals surface area (Å²) in [6.45, 7) is 0. The molecule has 0 radical (unpaired) electrons. The highest BCUT2D eigenvalue weighted by Crippen LogP contribution is 2.39. The molecular formula is C59H39N3. The lowest BCUT2D eigenvalue weighted by Gasteiger charge is -2.14. The Kier molecular flexibility index (Phi) is 9.53. The van der Waals surface area contributed by atoms with Crippen LogP contribution in [0.15, 0.2) is 237 Å². The van der Waals surface area contributed by atoms with Gasteiger partial charge in [0.05, 0.1) is 22.6 Å². The van der Waals surface area contributed by atoms with Gasteiger partial charge in [0.2, 0.25) is 0 Å². The van der Waals surface area contributed by atoms with Crippen molar-refractivity contribution in [2.24, 2.45) is 0 Å². The van der Waals surface area contributed by atoms with Crippen LogP contribution in [0.5, 0.6) is 0 Å². The summed E-state index contributed by atoms with van der Waals surface area (Å²) >= 11 is 0. The summed E-state index contributed by atoms with van der Waals surface area (Å²) in [5.74, 6) is 0.686. The molecule has 9 aromatic carbocycles. The Labute approximate surface area is 361 Å². The lowest BCUT2D eigenvalue weighted by Crippen LogP contribution is -1.97. The molecule has 0 saturated heterocycles. The van der Waals surface area contributed by atoms with E-state index in [0.717, 1.165) is 89.0 Å². The molecule has 0 aliphatic carbocycles. The molecule has 0 N–H and O–H groups in total. The average molecular weight is 790 g/mol. The molecule has 3 nitrogen and oxygen atoms in total. The summed E-state index contributed by atoms with van der Waals surface area (Å²) in [5, 5.41) is 3.49. The van der Waals surface area contributed by atoms with Crippen molar-refractivity contribution >= 4 is 21.7 Å². The Hall–Kier alpha value is -8.27. The second-order valence-corrected chi connectivity index (χ2v) is 15.6. The van der Waals surface area contributed by atoms with E-state index < -0.39 is 0 Å². The van der Waals surface area contributed by atoms with Crippen LogP contribution in [0, 0.1) is 0 Å². The van der Waals surface area contributed by atoms with Crippen LogP contribution in [-0.2, 0) is 0 Å². The molecule has 2 aromatic heterocycles. The lowest BCUT2D eigenvalue weighted by atomic mass is 9.92. The van der Waals surface area contributed by atoms with E-state index >= 15 is 0 Å². The van der Waals surface area contributed by atoms with Gasteiger partial charge in [-0.25, -0.2) is 15.0 Å². The third-order valence-corrected chi connectivity index (χ3v) is 11.6. The van der Waals surface area contributed by atoms with E-state index in [1.165, 1.54) is 16.5 Å². The van der Waals surface area contributed by atoms with Gasteiger partial charge in [-0.05, 0) is 104 Å². The predicted molar refractivity (Wildman–Crippen MR) is 258 cm³/mol. The number of hydrogen-bond donors (Lipinski definition) is 0. The van der Waals surface area contributed by atoms with Crippen molar-refractivity contribution in [3.8, 4) is 89.7 Å². The van der Waals surface area contributed by atoms with Gasteiger partial charge in [0.25, 0.3) is 0 Å². The minimum absolute atomic E-state index is 0.686. The standard InChI is InChI=1S/C59H39N3/c1-6-17-40(18-7-1)49-35-50(41-19-8-2-9-20-41)37-51(36-49)57-39-56(61-59(62-57)44-25-14-5-15-26-44)48-28-16-27-45(34-48)46-29-31-52-47(33-46)30-32-54-58(52)53(42-21-10-3-11-22-42)38-55(60-54)43-23-12-4-13-24-43/h1-39H. The number of pyridine rings is 1. The molecule has 0 saturated carbocycles. The summed E-state index contributed by atoms with van der Waals surface area (Å²) in [6, 6.07) is 83.5. The van der Waals surface area contributed by atoms with Crippen LogP contribution < -0.4 is 0 Å². The largest absolute Gasteiger partial charge is 0.248 e. The van der Waals surface area contributed by atoms with Gasteiger partial charge >= 0.3 is 0 Å². The first kappa shape index (κ1) is 36.8. The van der Waals surface area contributed by atoms with Gasteiger partial charge < -0.3 is 0 Å². The quantitative estimate of drug-likeness (QED) is 0.144. The minimum Gasteiger partial charge on any atom is -0.248 e. The fourth-order valence-corrected chi connectivity index (χ4v) is 8.53. The van der Waals surface area contributed by atoms with Gasteiger partial charge in [-0.3, -0.25) is 0 Å². The fourth-order valence-electron chi connectivity index (χ4n) is 8.53. The fraction of sp³-hybridized carbons (Fsp3) is 0. The number of benzene rings is 9. The minimum atomic E-state index is 0.686. The number of fused-ring (bicyclic) bond motifs is 3. The van der Waals surface area contributed by atoms with Crippen molar-refractivity contribution in [1.29, 1.82) is 0 Å². The highest BCUT2D eigenvalue weighted by atomic mass is 14.9. The maximum absolute atomic E-state index is 5.24. The second-order valence-electron chi connectivity index (χ2n) is 15.6. The van der Waals surface area contributed by atoms with E-state index in [2.05, 4.69) is 212 Å².